The molecular formula is C25H31FN2O6. The summed E-state index contributed by atoms with van der Waals surface area (Å²) in [4.78, 5) is 27.2. The maximum Gasteiger partial charge on any atom is 0.374 e. The Kier molecular flexibility index (Phi) is 8.18. The van der Waals surface area contributed by atoms with Gasteiger partial charge in [0.1, 0.15) is 23.9 Å². The monoisotopic (exact) mass is 474 g/mol. The number of furan rings is 1. The number of carbonyl (C=O) groups excluding carboxylic acids is 2. The van der Waals surface area contributed by atoms with E-state index in [9.17, 15) is 14.0 Å². The van der Waals surface area contributed by atoms with Gasteiger partial charge in [0.25, 0.3) is 5.91 Å². The van der Waals surface area contributed by atoms with Gasteiger partial charge in [0, 0.05) is 25.2 Å². The highest BCUT2D eigenvalue weighted by molar-refractivity contribution is 5.88. The average molecular weight is 475 g/mol. The predicted octanol–water partition coefficient (Wildman–Crippen LogP) is 3.31. The number of morpholine rings is 1. The predicted molar refractivity (Wildman–Crippen MR) is 121 cm³/mol. The van der Waals surface area contributed by atoms with Crippen molar-refractivity contribution >= 4 is 11.9 Å². The Morgan fingerprint density at radius 1 is 1.03 bits per heavy atom. The van der Waals surface area contributed by atoms with Crippen molar-refractivity contribution in [1.29, 1.82) is 0 Å². The second kappa shape index (κ2) is 11.5. The summed E-state index contributed by atoms with van der Waals surface area (Å²) in [5.74, 6) is -0.532. The molecule has 1 aliphatic heterocycles. The molecule has 0 bridgehead atoms. The van der Waals surface area contributed by atoms with E-state index in [0.717, 1.165) is 38.8 Å². The number of esters is 1. The van der Waals surface area contributed by atoms with E-state index in [1.807, 2.05) is 0 Å². The maximum atomic E-state index is 13.0. The fourth-order valence-electron chi connectivity index (χ4n) is 4.62. The van der Waals surface area contributed by atoms with Gasteiger partial charge in [0.05, 0.1) is 13.2 Å². The van der Waals surface area contributed by atoms with Gasteiger partial charge in [-0.2, -0.15) is 0 Å². The lowest BCUT2D eigenvalue weighted by atomic mass is 9.79. The molecule has 1 saturated carbocycles. The molecule has 9 heteroatoms. The fraction of sp³-hybridized carbons (Fsp3) is 0.520. The highest BCUT2D eigenvalue weighted by Crippen LogP contribution is 2.33. The molecule has 4 rings (SSSR count). The number of benzene rings is 1. The normalized spacial score (nSPS) is 18.3. The van der Waals surface area contributed by atoms with Crippen molar-refractivity contribution in [3.63, 3.8) is 0 Å². The van der Waals surface area contributed by atoms with Crippen LogP contribution >= 0.6 is 0 Å². The van der Waals surface area contributed by atoms with Crippen LogP contribution in [0.5, 0.6) is 5.75 Å². The zero-order chi connectivity index (χ0) is 23.8. The van der Waals surface area contributed by atoms with Crippen LogP contribution in [0.3, 0.4) is 0 Å². The first kappa shape index (κ1) is 24.2. The number of hydrogen-bond acceptors (Lipinski definition) is 7. The van der Waals surface area contributed by atoms with E-state index >= 15 is 0 Å². The molecule has 1 N–H and O–H groups in total. The number of nitrogens with zero attached hydrogens (tertiary/aromatic N) is 1. The molecule has 2 fully saturated rings. The van der Waals surface area contributed by atoms with Crippen LogP contribution in [0, 0.1) is 5.82 Å². The summed E-state index contributed by atoms with van der Waals surface area (Å²) in [6.07, 6.45) is 5.60. The minimum atomic E-state index is -0.719. The van der Waals surface area contributed by atoms with E-state index < -0.39 is 5.97 Å². The van der Waals surface area contributed by atoms with Gasteiger partial charge in [-0.15, -0.1) is 0 Å². The lowest BCUT2D eigenvalue weighted by molar-refractivity contribution is -0.125. The second-order valence-corrected chi connectivity index (χ2v) is 8.75. The lowest BCUT2D eigenvalue weighted by Crippen LogP contribution is -2.59. The van der Waals surface area contributed by atoms with Crippen LogP contribution in [0.1, 0.15) is 48.4 Å². The first-order valence-corrected chi connectivity index (χ1v) is 11.8. The Hall–Kier alpha value is -2.91. The minimum absolute atomic E-state index is 0.0115. The van der Waals surface area contributed by atoms with Crippen molar-refractivity contribution in [1.82, 2.24) is 10.2 Å². The number of ether oxygens (including phenoxy) is 3. The number of hydrogen-bond donors (Lipinski definition) is 1. The van der Waals surface area contributed by atoms with Gasteiger partial charge < -0.3 is 23.9 Å². The van der Waals surface area contributed by atoms with Gasteiger partial charge >= 0.3 is 5.97 Å². The van der Waals surface area contributed by atoms with E-state index in [1.165, 1.54) is 36.8 Å². The average Bonchev–Trinajstić information content (AvgIpc) is 3.36. The Labute approximate surface area is 198 Å². The molecule has 0 unspecified atom stereocenters. The van der Waals surface area contributed by atoms with Gasteiger partial charge in [-0.1, -0.05) is 19.3 Å². The van der Waals surface area contributed by atoms with Crippen LogP contribution < -0.4 is 10.1 Å². The summed E-state index contributed by atoms with van der Waals surface area (Å²) in [5.41, 5.74) is -0.0534. The first-order chi connectivity index (χ1) is 16.5. The number of rotatable bonds is 9. The molecule has 1 aromatic heterocycles. The summed E-state index contributed by atoms with van der Waals surface area (Å²) < 4.78 is 34.5. The largest absolute Gasteiger partial charge is 0.486 e. The third kappa shape index (κ3) is 6.36. The standard InChI is InChI=1S/C25H31FN2O6/c26-19-4-6-20(7-5-19)32-16-21-8-9-22(34-21)24(30)33-17-23(29)27-18-25(10-2-1-3-11-25)28-12-14-31-15-13-28/h4-9H,1-3,10-18H2,(H,27,29). The molecule has 1 saturated heterocycles. The van der Waals surface area contributed by atoms with E-state index in [4.69, 9.17) is 18.6 Å². The van der Waals surface area contributed by atoms with Crippen molar-refractivity contribution in [3.8, 4) is 5.75 Å². The molecule has 2 aromatic rings. The zero-order valence-electron chi connectivity index (χ0n) is 19.2. The minimum Gasteiger partial charge on any atom is -0.486 e. The second-order valence-electron chi connectivity index (χ2n) is 8.75. The number of amides is 1. The molecule has 8 nitrogen and oxygen atoms in total. The van der Waals surface area contributed by atoms with Crippen LogP contribution in [0.25, 0.3) is 0 Å². The van der Waals surface area contributed by atoms with Gasteiger partial charge in [0.2, 0.25) is 5.76 Å². The molecule has 0 atom stereocenters. The summed E-state index contributed by atoms with van der Waals surface area (Å²) in [6.45, 7) is 3.41. The molecule has 0 spiro atoms. The van der Waals surface area contributed by atoms with E-state index in [-0.39, 0.29) is 36.2 Å². The first-order valence-electron chi connectivity index (χ1n) is 11.8. The van der Waals surface area contributed by atoms with E-state index in [0.29, 0.717) is 31.3 Å². The smallest absolute Gasteiger partial charge is 0.374 e. The molecule has 0 radical (unpaired) electrons. The van der Waals surface area contributed by atoms with Crippen LogP contribution in [-0.4, -0.2) is 61.8 Å². The number of carbonyl (C=O) groups is 2. The highest BCUT2D eigenvalue weighted by Gasteiger charge is 2.38. The van der Waals surface area contributed by atoms with Crippen molar-refractivity contribution in [2.45, 2.75) is 44.2 Å². The maximum absolute atomic E-state index is 13.0. The number of nitrogens with one attached hydrogen (secondary N) is 1. The van der Waals surface area contributed by atoms with E-state index in [2.05, 4.69) is 10.2 Å². The van der Waals surface area contributed by atoms with Gasteiger partial charge in [0.15, 0.2) is 6.61 Å². The summed E-state index contributed by atoms with van der Waals surface area (Å²) in [6, 6.07) is 8.66. The fourth-order valence-corrected chi connectivity index (χ4v) is 4.62. The molecule has 184 valence electrons. The molecule has 34 heavy (non-hydrogen) atoms. The Morgan fingerprint density at radius 3 is 2.50 bits per heavy atom. The summed E-state index contributed by atoms with van der Waals surface area (Å²) >= 11 is 0. The van der Waals surface area contributed by atoms with Crippen molar-refractivity contribution in [2.24, 2.45) is 0 Å². The molecule has 1 aromatic carbocycles. The molecule has 1 amide bonds. The highest BCUT2D eigenvalue weighted by atomic mass is 19.1. The van der Waals surface area contributed by atoms with Crippen molar-refractivity contribution < 1.29 is 32.6 Å². The molecule has 2 heterocycles. The van der Waals surface area contributed by atoms with Crippen LogP contribution in [0.4, 0.5) is 4.39 Å². The van der Waals surface area contributed by atoms with Gasteiger partial charge in [-0.05, 0) is 49.2 Å². The van der Waals surface area contributed by atoms with Crippen molar-refractivity contribution in [3.05, 3.63) is 53.7 Å². The third-order valence-corrected chi connectivity index (χ3v) is 6.47. The van der Waals surface area contributed by atoms with Gasteiger partial charge in [-0.3, -0.25) is 9.69 Å². The quantitative estimate of drug-likeness (QED) is 0.558. The Balaban J connectivity index is 1.22. The Morgan fingerprint density at radius 2 is 1.76 bits per heavy atom. The SMILES string of the molecule is O=C(COC(=O)c1ccc(COc2ccc(F)cc2)o1)NCC1(N2CCOCC2)CCCCC1. The van der Waals surface area contributed by atoms with Crippen molar-refractivity contribution in [2.75, 3.05) is 39.5 Å². The summed E-state index contributed by atoms with van der Waals surface area (Å²) in [5, 5.41) is 2.97. The van der Waals surface area contributed by atoms with Crippen LogP contribution in [0.15, 0.2) is 40.8 Å². The Bertz CT molecular complexity index is 949. The van der Waals surface area contributed by atoms with Crippen LogP contribution in [-0.2, 0) is 20.9 Å². The molecular weight excluding hydrogens is 443 g/mol. The molecule has 2 aliphatic rings. The topological polar surface area (TPSA) is 90.2 Å². The van der Waals surface area contributed by atoms with Crippen LogP contribution in [0.2, 0.25) is 0 Å². The summed E-state index contributed by atoms with van der Waals surface area (Å²) in [7, 11) is 0. The number of halogens is 1. The lowest BCUT2D eigenvalue weighted by Gasteiger charge is -2.48. The van der Waals surface area contributed by atoms with Gasteiger partial charge in [-0.25, -0.2) is 9.18 Å². The zero-order valence-corrected chi connectivity index (χ0v) is 19.2. The van der Waals surface area contributed by atoms with E-state index in [1.54, 1.807) is 6.07 Å². The third-order valence-electron chi connectivity index (χ3n) is 6.47. The molecule has 1 aliphatic carbocycles.